The lowest BCUT2D eigenvalue weighted by Crippen LogP contribution is -2.38. The van der Waals surface area contributed by atoms with Crippen LogP contribution in [0.2, 0.25) is 0 Å². The van der Waals surface area contributed by atoms with Gasteiger partial charge in [0.2, 0.25) is 0 Å². The number of alkyl halides is 1. The minimum Gasteiger partial charge on any atom is -0.383 e. The summed E-state index contributed by atoms with van der Waals surface area (Å²) in [7, 11) is 1.54. The molecule has 1 amide bonds. The summed E-state index contributed by atoms with van der Waals surface area (Å²) in [6.07, 6.45) is 0.569. The van der Waals surface area contributed by atoms with Crippen LogP contribution in [-0.2, 0) is 4.74 Å². The molecular formula is C12H14BrClFNO2. The summed E-state index contributed by atoms with van der Waals surface area (Å²) >= 11 is 8.76. The molecule has 18 heavy (non-hydrogen) atoms. The Morgan fingerprint density at radius 2 is 2.33 bits per heavy atom. The Bertz CT molecular complexity index is 411. The number of ether oxygens (including phenoxy) is 1. The first kappa shape index (κ1) is 15.4. The largest absolute Gasteiger partial charge is 0.383 e. The molecule has 1 rings (SSSR count). The van der Waals surface area contributed by atoms with Crippen LogP contribution >= 0.6 is 27.5 Å². The minimum atomic E-state index is -0.566. The number of methoxy groups -OCH3 is 1. The highest BCUT2D eigenvalue weighted by Crippen LogP contribution is 2.15. The summed E-state index contributed by atoms with van der Waals surface area (Å²) in [5, 5.41) is 2.69. The van der Waals surface area contributed by atoms with Crippen LogP contribution in [0.4, 0.5) is 4.39 Å². The van der Waals surface area contributed by atoms with Gasteiger partial charge in [0.1, 0.15) is 5.82 Å². The molecule has 1 N–H and O–H groups in total. The average molecular weight is 339 g/mol. The molecule has 0 aromatic heterocycles. The Hall–Kier alpha value is -0.650. The first-order chi connectivity index (χ1) is 8.58. The highest BCUT2D eigenvalue weighted by Gasteiger charge is 2.16. The van der Waals surface area contributed by atoms with Crippen LogP contribution < -0.4 is 5.32 Å². The number of hydrogen-bond donors (Lipinski definition) is 1. The second kappa shape index (κ2) is 7.71. The smallest absolute Gasteiger partial charge is 0.254 e. The van der Waals surface area contributed by atoms with Gasteiger partial charge < -0.3 is 10.1 Å². The van der Waals surface area contributed by atoms with Crippen molar-refractivity contribution in [2.75, 3.05) is 19.6 Å². The number of halogens is 3. The highest BCUT2D eigenvalue weighted by molar-refractivity contribution is 9.10. The molecule has 100 valence electrons. The Kier molecular flexibility index (Phi) is 6.60. The number of carbonyl (C=O) groups excluding carboxylic acids is 1. The predicted molar refractivity (Wildman–Crippen MR) is 72.6 cm³/mol. The van der Waals surface area contributed by atoms with Crippen molar-refractivity contribution < 1.29 is 13.9 Å². The van der Waals surface area contributed by atoms with E-state index in [9.17, 15) is 9.18 Å². The molecule has 0 aliphatic rings. The third-order valence-corrected chi connectivity index (χ3v) is 3.05. The fourth-order valence-corrected chi connectivity index (χ4v) is 2.06. The molecule has 0 aliphatic heterocycles. The van der Waals surface area contributed by atoms with Crippen molar-refractivity contribution in [3.05, 3.63) is 34.1 Å². The molecule has 6 heteroatoms. The van der Waals surface area contributed by atoms with Crippen molar-refractivity contribution in [2.24, 2.45) is 0 Å². The molecule has 0 heterocycles. The third-order valence-electron chi connectivity index (χ3n) is 2.34. The van der Waals surface area contributed by atoms with Gasteiger partial charge in [-0.25, -0.2) is 4.39 Å². The van der Waals surface area contributed by atoms with Gasteiger partial charge in [0.05, 0.1) is 18.2 Å². The lowest BCUT2D eigenvalue weighted by Gasteiger charge is -2.17. The van der Waals surface area contributed by atoms with E-state index in [2.05, 4.69) is 21.2 Å². The first-order valence-electron chi connectivity index (χ1n) is 5.39. The maximum absolute atomic E-state index is 13.6. The molecule has 0 saturated heterocycles. The summed E-state index contributed by atoms with van der Waals surface area (Å²) in [4.78, 5) is 11.9. The average Bonchev–Trinajstić information content (AvgIpc) is 2.29. The van der Waals surface area contributed by atoms with E-state index in [4.69, 9.17) is 16.3 Å². The number of benzene rings is 1. The van der Waals surface area contributed by atoms with Crippen LogP contribution in [0.3, 0.4) is 0 Å². The van der Waals surface area contributed by atoms with Gasteiger partial charge >= 0.3 is 0 Å². The van der Waals surface area contributed by atoms with Crippen LogP contribution in [0.25, 0.3) is 0 Å². The van der Waals surface area contributed by atoms with E-state index in [1.165, 1.54) is 19.2 Å². The second-order valence-electron chi connectivity index (χ2n) is 3.73. The number of nitrogens with one attached hydrogen (secondary N) is 1. The standard InChI is InChI=1S/C12H14BrClFNO2/c1-18-7-9(4-5-14)16-12(17)10-3-2-8(13)6-11(10)15/h2-3,6,9H,4-5,7H2,1H3,(H,16,17). The minimum absolute atomic E-state index is 0.00822. The summed E-state index contributed by atoms with van der Waals surface area (Å²) < 4.78 is 19.1. The fourth-order valence-electron chi connectivity index (χ4n) is 1.47. The molecule has 0 aliphatic carbocycles. The summed E-state index contributed by atoms with van der Waals surface area (Å²) in [5.41, 5.74) is 0.00822. The zero-order valence-electron chi connectivity index (χ0n) is 9.88. The molecule has 0 spiro atoms. The lowest BCUT2D eigenvalue weighted by molar-refractivity contribution is 0.0891. The molecule has 1 atom stereocenters. The lowest BCUT2D eigenvalue weighted by atomic mass is 10.1. The van der Waals surface area contributed by atoms with Gasteiger partial charge in [0, 0.05) is 17.5 Å². The van der Waals surface area contributed by atoms with Crippen LogP contribution in [0.1, 0.15) is 16.8 Å². The topological polar surface area (TPSA) is 38.3 Å². The van der Waals surface area contributed by atoms with Crippen LogP contribution in [-0.4, -0.2) is 31.5 Å². The van der Waals surface area contributed by atoms with Gasteiger partial charge in [-0.05, 0) is 24.6 Å². The summed E-state index contributed by atoms with van der Waals surface area (Å²) in [6, 6.07) is 4.08. The zero-order chi connectivity index (χ0) is 13.5. The zero-order valence-corrected chi connectivity index (χ0v) is 12.2. The monoisotopic (exact) mass is 337 g/mol. The maximum atomic E-state index is 13.6. The molecule has 1 unspecified atom stereocenters. The van der Waals surface area contributed by atoms with E-state index >= 15 is 0 Å². The molecule has 0 fully saturated rings. The van der Waals surface area contributed by atoms with Gasteiger partial charge in [0.25, 0.3) is 5.91 Å². The quantitative estimate of drug-likeness (QED) is 0.810. The van der Waals surface area contributed by atoms with Gasteiger partial charge in [-0.3, -0.25) is 4.79 Å². The van der Waals surface area contributed by atoms with E-state index in [-0.39, 0.29) is 11.6 Å². The van der Waals surface area contributed by atoms with Gasteiger partial charge in [-0.15, -0.1) is 11.6 Å². The van der Waals surface area contributed by atoms with Crippen molar-refractivity contribution in [1.82, 2.24) is 5.32 Å². The number of hydrogen-bond acceptors (Lipinski definition) is 2. The molecule has 1 aromatic carbocycles. The van der Waals surface area contributed by atoms with Gasteiger partial charge in [-0.2, -0.15) is 0 Å². The molecule has 0 radical (unpaired) electrons. The third kappa shape index (κ3) is 4.55. The van der Waals surface area contributed by atoms with E-state index in [0.717, 1.165) is 0 Å². The van der Waals surface area contributed by atoms with E-state index in [0.29, 0.717) is 23.4 Å². The van der Waals surface area contributed by atoms with Gasteiger partial charge in [0.15, 0.2) is 0 Å². The van der Waals surface area contributed by atoms with Crippen molar-refractivity contribution in [3.8, 4) is 0 Å². The number of carbonyl (C=O) groups is 1. The SMILES string of the molecule is COCC(CCCl)NC(=O)c1ccc(Br)cc1F. The number of amides is 1. The number of rotatable bonds is 6. The van der Waals surface area contributed by atoms with Crippen molar-refractivity contribution in [1.29, 1.82) is 0 Å². The van der Waals surface area contributed by atoms with Crippen molar-refractivity contribution >= 4 is 33.4 Å². The molecule has 0 bridgehead atoms. The van der Waals surface area contributed by atoms with Crippen molar-refractivity contribution in [2.45, 2.75) is 12.5 Å². The highest BCUT2D eigenvalue weighted by atomic mass is 79.9. The fraction of sp³-hybridized carbons (Fsp3) is 0.417. The Labute approximate surface area is 119 Å². The Balaban J connectivity index is 2.73. The van der Waals surface area contributed by atoms with E-state index in [1.54, 1.807) is 6.07 Å². The summed E-state index contributed by atoms with van der Waals surface area (Å²) in [6.45, 7) is 0.344. The van der Waals surface area contributed by atoms with E-state index in [1.807, 2.05) is 0 Å². The Morgan fingerprint density at radius 3 is 2.89 bits per heavy atom. The maximum Gasteiger partial charge on any atom is 0.254 e. The predicted octanol–water partition coefficient (Wildman–Crippen LogP) is 2.96. The van der Waals surface area contributed by atoms with Crippen LogP contribution in [0, 0.1) is 5.82 Å². The molecular weight excluding hydrogens is 324 g/mol. The first-order valence-corrected chi connectivity index (χ1v) is 6.72. The normalized spacial score (nSPS) is 12.2. The molecule has 0 saturated carbocycles. The van der Waals surface area contributed by atoms with Crippen molar-refractivity contribution in [3.63, 3.8) is 0 Å². The van der Waals surface area contributed by atoms with Gasteiger partial charge in [-0.1, -0.05) is 15.9 Å². The summed E-state index contributed by atoms with van der Waals surface area (Å²) in [5.74, 6) is -0.631. The van der Waals surface area contributed by atoms with Crippen LogP contribution in [0.15, 0.2) is 22.7 Å². The van der Waals surface area contributed by atoms with E-state index < -0.39 is 11.7 Å². The molecule has 3 nitrogen and oxygen atoms in total. The Morgan fingerprint density at radius 1 is 1.61 bits per heavy atom. The second-order valence-corrected chi connectivity index (χ2v) is 5.02. The van der Waals surface area contributed by atoms with Crippen LogP contribution in [0.5, 0.6) is 0 Å². The molecule has 1 aromatic rings.